The highest BCUT2D eigenvalue weighted by atomic mass is 16.6. The average molecular weight is 507 g/mol. The SMILES string of the molecule is CCCCc1cccc(C(=O)C(OCCC)C(=O)OCCC)c1C(=O)C(OCCC)C(=O)OCCC. The number of aryl methyl sites for hydroxylation is 1. The lowest BCUT2D eigenvalue weighted by molar-refractivity contribution is -0.154. The lowest BCUT2D eigenvalue weighted by Gasteiger charge is -2.21. The van der Waals surface area contributed by atoms with E-state index in [1.807, 2.05) is 34.6 Å². The van der Waals surface area contributed by atoms with Crippen molar-refractivity contribution in [2.24, 2.45) is 0 Å². The van der Waals surface area contributed by atoms with Crippen LogP contribution in [0, 0.1) is 0 Å². The van der Waals surface area contributed by atoms with Crippen LogP contribution < -0.4 is 0 Å². The molecule has 8 heteroatoms. The van der Waals surface area contributed by atoms with Gasteiger partial charge in [0.25, 0.3) is 0 Å². The summed E-state index contributed by atoms with van der Waals surface area (Å²) in [5.41, 5.74) is 0.688. The zero-order chi connectivity index (χ0) is 26.9. The van der Waals surface area contributed by atoms with Gasteiger partial charge in [0.1, 0.15) is 0 Å². The number of carbonyl (C=O) groups is 4. The Balaban J connectivity index is 3.57. The molecule has 2 unspecified atom stereocenters. The molecule has 36 heavy (non-hydrogen) atoms. The molecule has 0 aliphatic carbocycles. The van der Waals surface area contributed by atoms with E-state index < -0.39 is 35.7 Å². The molecule has 0 spiro atoms. The van der Waals surface area contributed by atoms with Crippen LogP contribution in [-0.2, 0) is 35.0 Å². The molecular formula is C28H42O8. The van der Waals surface area contributed by atoms with Crippen LogP contribution in [0.15, 0.2) is 18.2 Å². The number of benzene rings is 1. The summed E-state index contributed by atoms with van der Waals surface area (Å²) in [7, 11) is 0. The number of Topliss-reactive ketones (excluding diaryl/α,β-unsaturated/α-hetero) is 2. The Hall–Kier alpha value is -2.58. The Morgan fingerprint density at radius 2 is 1.17 bits per heavy atom. The van der Waals surface area contributed by atoms with Crippen molar-refractivity contribution in [3.8, 4) is 0 Å². The Morgan fingerprint density at radius 1 is 0.667 bits per heavy atom. The second kappa shape index (κ2) is 17.8. The molecule has 0 N–H and O–H groups in total. The van der Waals surface area contributed by atoms with Gasteiger partial charge in [0, 0.05) is 24.3 Å². The van der Waals surface area contributed by atoms with Crippen LogP contribution in [0.25, 0.3) is 0 Å². The first-order valence-electron chi connectivity index (χ1n) is 13.1. The third-order valence-corrected chi connectivity index (χ3v) is 5.24. The number of ketones is 2. The fourth-order valence-electron chi connectivity index (χ4n) is 3.47. The zero-order valence-electron chi connectivity index (χ0n) is 22.4. The van der Waals surface area contributed by atoms with Gasteiger partial charge in [-0.2, -0.15) is 0 Å². The van der Waals surface area contributed by atoms with E-state index in [2.05, 4.69) is 0 Å². The molecule has 1 aromatic carbocycles. The molecule has 0 amide bonds. The summed E-state index contributed by atoms with van der Waals surface area (Å²) in [4.78, 5) is 52.9. The minimum Gasteiger partial charge on any atom is -0.463 e. The maximum absolute atomic E-state index is 13.8. The van der Waals surface area contributed by atoms with Crippen molar-refractivity contribution < 1.29 is 38.1 Å². The van der Waals surface area contributed by atoms with E-state index in [1.54, 1.807) is 12.1 Å². The zero-order valence-corrected chi connectivity index (χ0v) is 22.4. The van der Waals surface area contributed by atoms with Gasteiger partial charge in [-0.15, -0.1) is 0 Å². The summed E-state index contributed by atoms with van der Waals surface area (Å²) in [6, 6.07) is 4.90. The number of carbonyl (C=O) groups excluding carboxylic acids is 4. The standard InChI is InChI=1S/C28H42O8/c1-6-11-13-20-14-12-15-21(23(29)25(33-16-7-2)27(31)35-18-9-4)22(20)24(30)26(34-17-8-3)28(32)36-19-10-5/h12,14-15,25-26H,6-11,13,16-19H2,1-5H3. The number of hydrogen-bond donors (Lipinski definition) is 0. The van der Waals surface area contributed by atoms with Gasteiger partial charge in [-0.25, -0.2) is 9.59 Å². The van der Waals surface area contributed by atoms with Gasteiger partial charge >= 0.3 is 11.9 Å². The molecule has 1 aromatic rings. The minimum atomic E-state index is -1.51. The van der Waals surface area contributed by atoms with Crippen LogP contribution in [-0.4, -0.2) is 62.1 Å². The molecule has 0 heterocycles. The number of unbranched alkanes of at least 4 members (excludes halogenated alkanes) is 1. The maximum atomic E-state index is 13.8. The monoisotopic (exact) mass is 506 g/mol. The molecule has 2 atom stereocenters. The van der Waals surface area contributed by atoms with Gasteiger partial charge in [0.15, 0.2) is 0 Å². The van der Waals surface area contributed by atoms with Gasteiger partial charge in [0.05, 0.1) is 13.2 Å². The van der Waals surface area contributed by atoms with E-state index in [0.29, 0.717) is 37.7 Å². The third-order valence-electron chi connectivity index (χ3n) is 5.24. The summed E-state index contributed by atoms with van der Waals surface area (Å²) in [6.07, 6.45) is 1.50. The Kier molecular flexibility index (Phi) is 15.5. The fraction of sp³-hybridized carbons (Fsp3) is 0.643. The molecule has 1 rings (SSSR count). The second-order valence-corrected chi connectivity index (χ2v) is 8.51. The first kappa shape index (κ1) is 31.4. The van der Waals surface area contributed by atoms with Crippen molar-refractivity contribution >= 4 is 23.5 Å². The van der Waals surface area contributed by atoms with Gasteiger partial charge in [-0.3, -0.25) is 9.59 Å². The van der Waals surface area contributed by atoms with Gasteiger partial charge < -0.3 is 18.9 Å². The average Bonchev–Trinajstić information content (AvgIpc) is 2.89. The first-order valence-corrected chi connectivity index (χ1v) is 13.1. The van der Waals surface area contributed by atoms with Crippen LogP contribution in [0.1, 0.15) is 99.4 Å². The lowest BCUT2D eigenvalue weighted by Crippen LogP contribution is -2.39. The number of hydrogen-bond acceptors (Lipinski definition) is 8. The molecule has 0 aliphatic rings. The molecule has 0 radical (unpaired) electrons. The smallest absolute Gasteiger partial charge is 0.343 e. The van der Waals surface area contributed by atoms with Crippen molar-refractivity contribution in [1.82, 2.24) is 0 Å². The molecule has 8 nitrogen and oxygen atoms in total. The van der Waals surface area contributed by atoms with Gasteiger partial charge in [-0.1, -0.05) is 59.2 Å². The van der Waals surface area contributed by atoms with Gasteiger partial charge in [-0.05, 0) is 44.1 Å². The highest BCUT2D eigenvalue weighted by Crippen LogP contribution is 2.24. The summed E-state index contributed by atoms with van der Waals surface area (Å²) in [5.74, 6) is -2.92. The molecule has 0 bridgehead atoms. The highest BCUT2D eigenvalue weighted by molar-refractivity contribution is 6.20. The summed E-state index contributed by atoms with van der Waals surface area (Å²) >= 11 is 0. The normalized spacial score (nSPS) is 12.6. The maximum Gasteiger partial charge on any atom is 0.343 e. The molecule has 0 aliphatic heterocycles. The Morgan fingerprint density at radius 3 is 1.64 bits per heavy atom. The molecular weight excluding hydrogens is 464 g/mol. The van der Waals surface area contributed by atoms with E-state index in [0.717, 1.165) is 12.8 Å². The summed E-state index contributed by atoms with van der Waals surface area (Å²) < 4.78 is 21.7. The van der Waals surface area contributed by atoms with E-state index in [1.165, 1.54) is 6.07 Å². The van der Waals surface area contributed by atoms with Crippen LogP contribution in [0.2, 0.25) is 0 Å². The molecule has 202 valence electrons. The molecule has 0 saturated heterocycles. The van der Waals surface area contributed by atoms with Crippen LogP contribution >= 0.6 is 0 Å². The van der Waals surface area contributed by atoms with E-state index in [-0.39, 0.29) is 37.6 Å². The van der Waals surface area contributed by atoms with Crippen molar-refractivity contribution in [3.63, 3.8) is 0 Å². The van der Waals surface area contributed by atoms with Gasteiger partial charge in [0.2, 0.25) is 23.8 Å². The fourth-order valence-corrected chi connectivity index (χ4v) is 3.47. The number of ether oxygens (including phenoxy) is 4. The van der Waals surface area contributed by atoms with Crippen molar-refractivity contribution in [1.29, 1.82) is 0 Å². The predicted molar refractivity (Wildman–Crippen MR) is 136 cm³/mol. The minimum absolute atomic E-state index is 0.0107. The van der Waals surface area contributed by atoms with Crippen molar-refractivity contribution in [2.45, 2.75) is 91.8 Å². The topological polar surface area (TPSA) is 105 Å². The summed E-state index contributed by atoms with van der Waals surface area (Å²) in [6.45, 7) is 10.1. The first-order chi connectivity index (χ1) is 17.4. The molecule has 0 fully saturated rings. The highest BCUT2D eigenvalue weighted by Gasteiger charge is 2.37. The largest absolute Gasteiger partial charge is 0.463 e. The number of rotatable bonds is 19. The van der Waals surface area contributed by atoms with Crippen molar-refractivity contribution in [3.05, 3.63) is 34.9 Å². The van der Waals surface area contributed by atoms with Crippen molar-refractivity contribution in [2.75, 3.05) is 26.4 Å². The molecule has 0 saturated carbocycles. The predicted octanol–water partition coefficient (Wildman–Crippen LogP) is 4.89. The number of esters is 2. The summed E-state index contributed by atoms with van der Waals surface area (Å²) in [5, 5.41) is 0. The van der Waals surface area contributed by atoms with E-state index in [4.69, 9.17) is 18.9 Å². The third kappa shape index (κ3) is 9.47. The lowest BCUT2D eigenvalue weighted by atomic mass is 9.89. The van der Waals surface area contributed by atoms with E-state index >= 15 is 0 Å². The van der Waals surface area contributed by atoms with Crippen LogP contribution in [0.5, 0.6) is 0 Å². The Labute approximate surface area is 215 Å². The van der Waals surface area contributed by atoms with Crippen LogP contribution in [0.3, 0.4) is 0 Å². The van der Waals surface area contributed by atoms with Crippen LogP contribution in [0.4, 0.5) is 0 Å². The second-order valence-electron chi connectivity index (χ2n) is 8.51. The molecule has 0 aromatic heterocycles. The quantitative estimate of drug-likeness (QED) is 0.148. The Bertz CT molecular complexity index is 848. The van der Waals surface area contributed by atoms with E-state index in [9.17, 15) is 19.2 Å².